The molecular weight excluding hydrogens is 310 g/mol. The number of fused-ring (bicyclic) bond motifs is 1. The number of rotatable bonds is 1. The maximum atomic E-state index is 13.4. The predicted molar refractivity (Wildman–Crippen MR) is 62.9 cm³/mol. The molecule has 0 radical (unpaired) electrons. The van der Waals surface area contributed by atoms with Crippen LogP contribution in [0.25, 0.3) is 10.9 Å². The van der Waals surface area contributed by atoms with E-state index < -0.39 is 11.7 Å². The minimum Gasteiger partial charge on any atom is -0.366 e. The Labute approximate surface area is 98.6 Å². The highest BCUT2D eigenvalue weighted by atomic mass is 127. The second-order valence-corrected chi connectivity index (χ2v) is 4.29. The zero-order valence-electron chi connectivity index (χ0n) is 7.50. The van der Waals surface area contributed by atoms with Crippen LogP contribution in [0.1, 0.15) is 10.4 Å². The summed E-state index contributed by atoms with van der Waals surface area (Å²) in [5.74, 6) is -0.961. The molecule has 15 heavy (non-hydrogen) atoms. The molecular formula is C10H6FIN2O. The number of pyridine rings is 1. The molecule has 0 atom stereocenters. The molecule has 2 rings (SSSR count). The average Bonchev–Trinajstić information content (AvgIpc) is 2.16. The van der Waals surface area contributed by atoms with Crippen molar-refractivity contribution in [1.29, 1.82) is 0 Å². The highest BCUT2D eigenvalue weighted by Crippen LogP contribution is 2.20. The summed E-state index contributed by atoms with van der Waals surface area (Å²) >= 11 is 2.00. The van der Waals surface area contributed by atoms with Gasteiger partial charge in [-0.05, 0) is 40.8 Å². The Hall–Kier alpha value is -1.24. The van der Waals surface area contributed by atoms with Gasteiger partial charge in [0.25, 0.3) is 0 Å². The van der Waals surface area contributed by atoms with Gasteiger partial charge in [0.1, 0.15) is 11.3 Å². The lowest BCUT2D eigenvalue weighted by molar-refractivity contribution is 0.1000. The normalized spacial score (nSPS) is 10.5. The highest BCUT2D eigenvalue weighted by Gasteiger charge is 2.07. The van der Waals surface area contributed by atoms with Crippen LogP contribution in [0.4, 0.5) is 4.39 Å². The molecule has 0 aliphatic heterocycles. The first-order chi connectivity index (χ1) is 7.08. The van der Waals surface area contributed by atoms with E-state index in [9.17, 15) is 9.18 Å². The van der Waals surface area contributed by atoms with E-state index in [0.717, 1.165) is 3.57 Å². The number of hydrogen-bond donors (Lipinski definition) is 1. The van der Waals surface area contributed by atoms with Gasteiger partial charge in [-0.2, -0.15) is 0 Å². The standard InChI is InChI=1S/C10H6FIN2O/c11-8-3-7(12)2-5-1-6(10(13)15)4-14-9(5)8/h1-4H,(H2,13,15). The molecule has 0 unspecified atom stereocenters. The number of benzene rings is 1. The van der Waals surface area contributed by atoms with E-state index >= 15 is 0 Å². The molecule has 1 amide bonds. The number of nitrogens with two attached hydrogens (primary N) is 1. The van der Waals surface area contributed by atoms with Crippen molar-refractivity contribution in [3.63, 3.8) is 0 Å². The lowest BCUT2D eigenvalue weighted by Gasteiger charge is -2.01. The van der Waals surface area contributed by atoms with Crippen LogP contribution >= 0.6 is 22.6 Å². The van der Waals surface area contributed by atoms with Gasteiger partial charge in [-0.3, -0.25) is 9.78 Å². The molecule has 0 saturated heterocycles. The second-order valence-electron chi connectivity index (χ2n) is 3.05. The highest BCUT2D eigenvalue weighted by molar-refractivity contribution is 14.1. The van der Waals surface area contributed by atoms with Gasteiger partial charge in [0.2, 0.25) is 5.91 Å². The Morgan fingerprint density at radius 1 is 1.40 bits per heavy atom. The van der Waals surface area contributed by atoms with E-state index in [0.29, 0.717) is 5.39 Å². The zero-order chi connectivity index (χ0) is 11.0. The van der Waals surface area contributed by atoms with Crippen LogP contribution in [0.15, 0.2) is 24.4 Å². The van der Waals surface area contributed by atoms with Crippen LogP contribution in [0.5, 0.6) is 0 Å². The second kappa shape index (κ2) is 3.73. The topological polar surface area (TPSA) is 56.0 Å². The van der Waals surface area contributed by atoms with Crippen LogP contribution in [-0.4, -0.2) is 10.9 Å². The maximum Gasteiger partial charge on any atom is 0.250 e. The largest absolute Gasteiger partial charge is 0.366 e. The summed E-state index contributed by atoms with van der Waals surface area (Å²) in [6.45, 7) is 0. The Balaban J connectivity index is 2.76. The minimum absolute atomic E-state index is 0.250. The molecule has 0 spiro atoms. The van der Waals surface area contributed by atoms with E-state index in [-0.39, 0.29) is 11.1 Å². The fraction of sp³-hybridized carbons (Fsp3) is 0. The van der Waals surface area contributed by atoms with E-state index in [1.165, 1.54) is 18.3 Å². The number of carbonyl (C=O) groups excluding carboxylic acids is 1. The molecule has 2 aromatic rings. The number of primary amides is 1. The van der Waals surface area contributed by atoms with Crippen molar-refractivity contribution in [3.8, 4) is 0 Å². The Morgan fingerprint density at radius 3 is 2.80 bits per heavy atom. The molecule has 0 fully saturated rings. The first-order valence-corrected chi connectivity index (χ1v) is 5.20. The first-order valence-electron chi connectivity index (χ1n) is 4.12. The predicted octanol–water partition coefficient (Wildman–Crippen LogP) is 2.08. The zero-order valence-corrected chi connectivity index (χ0v) is 9.66. The lowest BCUT2D eigenvalue weighted by Crippen LogP contribution is -2.11. The van der Waals surface area contributed by atoms with Crippen molar-refractivity contribution in [2.24, 2.45) is 5.73 Å². The molecule has 3 nitrogen and oxygen atoms in total. The number of amides is 1. The number of nitrogens with zero attached hydrogens (tertiary/aromatic N) is 1. The average molecular weight is 316 g/mol. The first kappa shape index (κ1) is 10.3. The van der Waals surface area contributed by atoms with Crippen molar-refractivity contribution < 1.29 is 9.18 Å². The quantitative estimate of drug-likeness (QED) is 0.819. The van der Waals surface area contributed by atoms with Crippen molar-refractivity contribution in [1.82, 2.24) is 4.98 Å². The third kappa shape index (κ3) is 1.92. The summed E-state index contributed by atoms with van der Waals surface area (Å²) < 4.78 is 14.1. The van der Waals surface area contributed by atoms with Crippen LogP contribution in [0, 0.1) is 9.39 Å². The summed E-state index contributed by atoms with van der Waals surface area (Å²) in [7, 11) is 0. The van der Waals surface area contributed by atoms with Crippen molar-refractivity contribution in [2.45, 2.75) is 0 Å². The van der Waals surface area contributed by atoms with Crippen molar-refractivity contribution in [3.05, 3.63) is 39.3 Å². The van der Waals surface area contributed by atoms with E-state index in [1.807, 2.05) is 22.6 Å². The molecule has 0 bridgehead atoms. The maximum absolute atomic E-state index is 13.4. The molecule has 0 saturated carbocycles. The molecule has 5 heteroatoms. The summed E-state index contributed by atoms with van der Waals surface area (Å²) in [5.41, 5.74) is 5.64. The molecule has 1 aromatic carbocycles. The molecule has 2 N–H and O–H groups in total. The summed E-state index contributed by atoms with van der Waals surface area (Å²) in [6.07, 6.45) is 1.28. The summed E-state index contributed by atoms with van der Waals surface area (Å²) in [6, 6.07) is 4.67. The van der Waals surface area contributed by atoms with Gasteiger partial charge in [0.15, 0.2) is 0 Å². The Kier molecular flexibility index (Phi) is 2.56. The monoisotopic (exact) mass is 316 g/mol. The third-order valence-electron chi connectivity index (χ3n) is 1.99. The molecule has 1 aromatic heterocycles. The number of halogens is 2. The van der Waals surface area contributed by atoms with Crippen molar-refractivity contribution >= 4 is 39.4 Å². The fourth-order valence-corrected chi connectivity index (χ4v) is 1.91. The van der Waals surface area contributed by atoms with Crippen LogP contribution in [-0.2, 0) is 0 Å². The van der Waals surface area contributed by atoms with Gasteiger partial charge in [-0.1, -0.05) is 0 Å². The van der Waals surface area contributed by atoms with Crippen LogP contribution in [0.3, 0.4) is 0 Å². The molecule has 1 heterocycles. The van der Waals surface area contributed by atoms with Gasteiger partial charge in [-0.25, -0.2) is 4.39 Å². The van der Waals surface area contributed by atoms with Crippen molar-refractivity contribution in [2.75, 3.05) is 0 Å². The van der Waals surface area contributed by atoms with Gasteiger partial charge >= 0.3 is 0 Å². The van der Waals surface area contributed by atoms with Gasteiger partial charge < -0.3 is 5.73 Å². The SMILES string of the molecule is NC(=O)c1cnc2c(F)cc(I)cc2c1. The van der Waals surface area contributed by atoms with Crippen LogP contribution < -0.4 is 5.73 Å². The number of hydrogen-bond acceptors (Lipinski definition) is 2. The number of aromatic nitrogens is 1. The molecule has 76 valence electrons. The smallest absolute Gasteiger partial charge is 0.250 e. The van der Waals surface area contributed by atoms with Gasteiger partial charge in [-0.15, -0.1) is 0 Å². The van der Waals surface area contributed by atoms with Crippen LogP contribution in [0.2, 0.25) is 0 Å². The Bertz CT molecular complexity index is 556. The van der Waals surface area contributed by atoms with Gasteiger partial charge in [0.05, 0.1) is 5.56 Å². The van der Waals surface area contributed by atoms with E-state index in [4.69, 9.17) is 5.73 Å². The minimum atomic E-state index is -0.566. The summed E-state index contributed by atoms with van der Waals surface area (Å²) in [4.78, 5) is 14.8. The molecule has 0 aliphatic carbocycles. The van der Waals surface area contributed by atoms with Gasteiger partial charge in [0, 0.05) is 15.2 Å². The summed E-state index contributed by atoms with van der Waals surface area (Å²) in [5, 5.41) is 0.579. The fourth-order valence-electron chi connectivity index (χ4n) is 1.31. The lowest BCUT2D eigenvalue weighted by atomic mass is 10.1. The van der Waals surface area contributed by atoms with E-state index in [2.05, 4.69) is 4.98 Å². The third-order valence-corrected chi connectivity index (χ3v) is 2.61. The van der Waals surface area contributed by atoms with E-state index in [1.54, 1.807) is 6.07 Å². The molecule has 0 aliphatic rings. The number of carbonyl (C=O) groups is 1. The Morgan fingerprint density at radius 2 is 2.13 bits per heavy atom.